The Bertz CT molecular complexity index is 398. The second-order valence-electron chi connectivity index (χ2n) is 3.09. The van der Waals surface area contributed by atoms with Crippen LogP contribution in [0.25, 0.3) is 0 Å². The van der Waals surface area contributed by atoms with Crippen LogP contribution in [0.3, 0.4) is 0 Å². The lowest BCUT2D eigenvalue weighted by atomic mass is 10.1. The van der Waals surface area contributed by atoms with Crippen LogP contribution in [0.1, 0.15) is 18.5 Å². The number of terminal acetylenes is 1. The molecule has 1 nitrogen and oxygen atoms in total. The summed E-state index contributed by atoms with van der Waals surface area (Å²) in [5.74, 6) is 1.96. The van der Waals surface area contributed by atoms with Crippen molar-refractivity contribution in [1.29, 1.82) is 0 Å². The first-order valence-corrected chi connectivity index (χ1v) is 5.13. The van der Waals surface area contributed by atoms with Crippen molar-refractivity contribution >= 4 is 23.2 Å². The molecule has 0 aliphatic rings. The standard InChI is InChI=1S/C11H10Cl2FN/c1-3-4-15-7(2)8-5-11(14)10(13)6-9(8)12/h1,5-7,15H,4H2,2H3. The fourth-order valence-corrected chi connectivity index (χ4v) is 1.74. The third kappa shape index (κ3) is 3.10. The summed E-state index contributed by atoms with van der Waals surface area (Å²) in [6.07, 6.45) is 5.11. The molecule has 80 valence electrons. The molecule has 1 atom stereocenters. The average molecular weight is 246 g/mol. The minimum atomic E-state index is -0.481. The van der Waals surface area contributed by atoms with Crippen molar-refractivity contribution in [2.24, 2.45) is 0 Å². The van der Waals surface area contributed by atoms with Gasteiger partial charge in [0.15, 0.2) is 0 Å². The summed E-state index contributed by atoms with van der Waals surface area (Å²) in [5.41, 5.74) is 0.647. The van der Waals surface area contributed by atoms with Gasteiger partial charge in [0.2, 0.25) is 0 Å². The van der Waals surface area contributed by atoms with Gasteiger partial charge in [-0.1, -0.05) is 29.1 Å². The Kier molecular flexibility index (Phi) is 4.41. The highest BCUT2D eigenvalue weighted by molar-refractivity contribution is 6.35. The fourth-order valence-electron chi connectivity index (χ4n) is 1.19. The summed E-state index contributed by atoms with van der Waals surface area (Å²) in [6.45, 7) is 2.26. The molecule has 0 aromatic heterocycles. The smallest absolute Gasteiger partial charge is 0.142 e. The van der Waals surface area contributed by atoms with E-state index in [0.717, 1.165) is 0 Å². The summed E-state index contributed by atoms with van der Waals surface area (Å²) in [4.78, 5) is 0. The third-order valence-corrected chi connectivity index (χ3v) is 2.63. The SMILES string of the molecule is C#CCNC(C)c1cc(F)c(Cl)cc1Cl. The van der Waals surface area contributed by atoms with E-state index in [1.54, 1.807) is 0 Å². The first-order chi connectivity index (χ1) is 7.06. The van der Waals surface area contributed by atoms with E-state index in [1.807, 2.05) is 6.92 Å². The second kappa shape index (κ2) is 5.37. The maximum Gasteiger partial charge on any atom is 0.142 e. The zero-order valence-corrected chi connectivity index (χ0v) is 9.66. The first kappa shape index (κ1) is 12.3. The van der Waals surface area contributed by atoms with Crippen molar-refractivity contribution in [2.75, 3.05) is 6.54 Å². The minimum Gasteiger partial charge on any atom is -0.300 e. The minimum absolute atomic E-state index is 0.0212. The van der Waals surface area contributed by atoms with Crippen LogP contribution in [-0.2, 0) is 0 Å². The van der Waals surface area contributed by atoms with Gasteiger partial charge in [0.05, 0.1) is 11.6 Å². The predicted molar refractivity (Wildman–Crippen MR) is 61.7 cm³/mol. The summed E-state index contributed by atoms with van der Waals surface area (Å²) in [7, 11) is 0. The van der Waals surface area contributed by atoms with Crippen LogP contribution in [0.5, 0.6) is 0 Å². The van der Waals surface area contributed by atoms with Crippen molar-refractivity contribution in [1.82, 2.24) is 5.32 Å². The van der Waals surface area contributed by atoms with Gasteiger partial charge < -0.3 is 0 Å². The Balaban J connectivity index is 2.94. The van der Waals surface area contributed by atoms with E-state index in [4.69, 9.17) is 29.6 Å². The topological polar surface area (TPSA) is 12.0 Å². The largest absolute Gasteiger partial charge is 0.300 e. The molecule has 0 bridgehead atoms. The molecule has 0 saturated heterocycles. The van der Waals surface area contributed by atoms with Crippen molar-refractivity contribution in [3.63, 3.8) is 0 Å². The van der Waals surface area contributed by atoms with E-state index >= 15 is 0 Å². The van der Waals surface area contributed by atoms with Gasteiger partial charge in [-0.2, -0.15) is 0 Å². The predicted octanol–water partition coefficient (Wildman–Crippen LogP) is 3.42. The van der Waals surface area contributed by atoms with Gasteiger partial charge in [0.25, 0.3) is 0 Å². The van der Waals surface area contributed by atoms with Crippen LogP contribution < -0.4 is 5.32 Å². The van der Waals surface area contributed by atoms with Crippen LogP contribution in [-0.4, -0.2) is 6.54 Å². The summed E-state index contributed by atoms with van der Waals surface area (Å²) >= 11 is 11.5. The molecule has 1 aromatic rings. The normalized spacial score (nSPS) is 12.2. The maximum atomic E-state index is 13.2. The number of rotatable bonds is 3. The van der Waals surface area contributed by atoms with Crippen LogP contribution in [0.15, 0.2) is 12.1 Å². The van der Waals surface area contributed by atoms with Gasteiger partial charge in [0.1, 0.15) is 5.82 Å². The van der Waals surface area contributed by atoms with E-state index in [9.17, 15) is 4.39 Å². The second-order valence-corrected chi connectivity index (χ2v) is 3.91. The quantitative estimate of drug-likeness (QED) is 0.636. The summed E-state index contributed by atoms with van der Waals surface area (Å²) in [6, 6.07) is 2.60. The Morgan fingerprint density at radius 2 is 2.13 bits per heavy atom. The summed E-state index contributed by atoms with van der Waals surface area (Å²) < 4.78 is 13.2. The van der Waals surface area contributed by atoms with E-state index < -0.39 is 5.82 Å². The van der Waals surface area contributed by atoms with Gasteiger partial charge in [-0.15, -0.1) is 6.42 Å². The van der Waals surface area contributed by atoms with Crippen molar-refractivity contribution in [3.8, 4) is 12.3 Å². The maximum absolute atomic E-state index is 13.2. The lowest BCUT2D eigenvalue weighted by Gasteiger charge is -2.14. The molecule has 0 aliphatic heterocycles. The monoisotopic (exact) mass is 245 g/mol. The van der Waals surface area contributed by atoms with Crippen molar-refractivity contribution < 1.29 is 4.39 Å². The Hall–Kier alpha value is -0.750. The lowest BCUT2D eigenvalue weighted by molar-refractivity contribution is 0.598. The van der Waals surface area contributed by atoms with Crippen LogP contribution >= 0.6 is 23.2 Å². The number of hydrogen-bond donors (Lipinski definition) is 1. The van der Waals surface area contributed by atoms with Crippen molar-refractivity contribution in [3.05, 3.63) is 33.6 Å². The van der Waals surface area contributed by atoms with Crippen LogP contribution in [0.2, 0.25) is 10.0 Å². The molecule has 0 saturated carbocycles. The molecular formula is C11H10Cl2FN. The molecule has 1 aromatic carbocycles. The molecule has 0 amide bonds. The number of hydrogen-bond acceptors (Lipinski definition) is 1. The van der Waals surface area contributed by atoms with E-state index in [0.29, 0.717) is 17.1 Å². The van der Waals surface area contributed by atoms with Gasteiger partial charge >= 0.3 is 0 Å². The van der Waals surface area contributed by atoms with Gasteiger partial charge in [0, 0.05) is 11.1 Å². The van der Waals surface area contributed by atoms with Crippen LogP contribution in [0.4, 0.5) is 4.39 Å². The molecule has 1 unspecified atom stereocenters. The Labute approximate surface area is 98.6 Å². The molecule has 1 rings (SSSR count). The van der Waals surface area contributed by atoms with E-state index in [2.05, 4.69) is 11.2 Å². The Morgan fingerprint density at radius 1 is 1.47 bits per heavy atom. The molecular weight excluding hydrogens is 236 g/mol. The molecule has 0 heterocycles. The highest BCUT2D eigenvalue weighted by atomic mass is 35.5. The van der Waals surface area contributed by atoms with Crippen LogP contribution in [0, 0.1) is 18.2 Å². The first-order valence-electron chi connectivity index (χ1n) is 4.37. The van der Waals surface area contributed by atoms with Gasteiger partial charge in [-0.25, -0.2) is 4.39 Å². The average Bonchev–Trinajstić information content (AvgIpc) is 2.20. The molecule has 0 spiro atoms. The van der Waals surface area contributed by atoms with E-state index in [1.165, 1.54) is 12.1 Å². The zero-order valence-electron chi connectivity index (χ0n) is 8.15. The number of halogens is 3. The molecule has 0 fully saturated rings. The van der Waals surface area contributed by atoms with E-state index in [-0.39, 0.29) is 11.1 Å². The zero-order chi connectivity index (χ0) is 11.4. The Morgan fingerprint density at radius 3 is 2.73 bits per heavy atom. The highest BCUT2D eigenvalue weighted by Gasteiger charge is 2.12. The molecule has 0 radical (unpaired) electrons. The molecule has 0 aliphatic carbocycles. The lowest BCUT2D eigenvalue weighted by Crippen LogP contribution is -2.19. The number of benzene rings is 1. The third-order valence-electron chi connectivity index (χ3n) is 2.02. The molecule has 4 heteroatoms. The van der Waals surface area contributed by atoms with Crippen molar-refractivity contribution in [2.45, 2.75) is 13.0 Å². The summed E-state index contributed by atoms with van der Waals surface area (Å²) in [5, 5.41) is 3.46. The number of nitrogens with one attached hydrogen (secondary N) is 1. The highest BCUT2D eigenvalue weighted by Crippen LogP contribution is 2.28. The molecule has 1 N–H and O–H groups in total. The van der Waals surface area contributed by atoms with Gasteiger partial charge in [-0.05, 0) is 24.6 Å². The fraction of sp³-hybridized carbons (Fsp3) is 0.273. The van der Waals surface area contributed by atoms with Gasteiger partial charge in [-0.3, -0.25) is 5.32 Å². The molecule has 15 heavy (non-hydrogen) atoms.